The van der Waals surface area contributed by atoms with Gasteiger partial charge in [-0.1, -0.05) is 12.8 Å². The lowest BCUT2D eigenvalue weighted by atomic mass is 9.84. The molecule has 3 aliphatic rings. The molecular weight excluding hydrogens is 450 g/mol. The highest BCUT2D eigenvalue weighted by Gasteiger charge is 2.34. The number of aliphatic hydroxyl groups is 1. The zero-order valence-electron chi connectivity index (χ0n) is 20.5. The van der Waals surface area contributed by atoms with Crippen LogP contribution in [0.5, 0.6) is 0 Å². The van der Waals surface area contributed by atoms with Gasteiger partial charge in [-0.15, -0.1) is 11.8 Å². The van der Waals surface area contributed by atoms with Crippen molar-refractivity contribution in [2.75, 3.05) is 31.1 Å². The van der Waals surface area contributed by atoms with Crippen molar-refractivity contribution < 1.29 is 19.8 Å². The Labute approximate surface area is 207 Å². The predicted molar refractivity (Wildman–Crippen MR) is 134 cm³/mol. The monoisotopic (exact) mass is 489 g/mol. The van der Waals surface area contributed by atoms with E-state index < -0.39 is 11.6 Å². The lowest BCUT2D eigenvalue weighted by Gasteiger charge is -2.39. The van der Waals surface area contributed by atoms with Crippen LogP contribution in [-0.2, 0) is 4.79 Å². The highest BCUT2D eigenvalue weighted by molar-refractivity contribution is 7.99. The van der Waals surface area contributed by atoms with Crippen molar-refractivity contribution in [2.45, 2.75) is 87.5 Å². The van der Waals surface area contributed by atoms with Gasteiger partial charge in [-0.25, -0.2) is 4.98 Å². The van der Waals surface area contributed by atoms with Crippen LogP contribution >= 0.6 is 11.8 Å². The predicted octanol–water partition coefficient (Wildman–Crippen LogP) is 4.43. The molecule has 3 heterocycles. The van der Waals surface area contributed by atoms with Gasteiger partial charge in [0.2, 0.25) is 0 Å². The van der Waals surface area contributed by atoms with Crippen LogP contribution in [0, 0.1) is 11.8 Å². The second-order valence-corrected chi connectivity index (χ2v) is 12.1. The van der Waals surface area contributed by atoms with Crippen LogP contribution in [0.1, 0.15) is 82.0 Å². The number of thioether (sulfide) groups is 1. The molecular formula is C26H39N3O4S. The third-order valence-electron chi connectivity index (χ3n) is 7.67. The quantitative estimate of drug-likeness (QED) is 0.585. The second-order valence-electron chi connectivity index (χ2n) is 10.8. The van der Waals surface area contributed by atoms with Gasteiger partial charge in [0.15, 0.2) is 0 Å². The first-order chi connectivity index (χ1) is 16.2. The number of amides is 1. The van der Waals surface area contributed by atoms with Crippen molar-refractivity contribution >= 4 is 29.5 Å². The van der Waals surface area contributed by atoms with E-state index in [9.17, 15) is 19.8 Å². The van der Waals surface area contributed by atoms with Gasteiger partial charge in [-0.2, -0.15) is 0 Å². The summed E-state index contributed by atoms with van der Waals surface area (Å²) >= 11 is 1.74. The van der Waals surface area contributed by atoms with E-state index in [4.69, 9.17) is 4.98 Å². The number of carbonyl (C=O) groups is 2. The maximum absolute atomic E-state index is 13.6. The fourth-order valence-corrected chi connectivity index (χ4v) is 6.93. The third-order valence-corrected chi connectivity index (χ3v) is 9.01. The van der Waals surface area contributed by atoms with E-state index in [0.29, 0.717) is 30.4 Å². The van der Waals surface area contributed by atoms with Crippen LogP contribution in [0.3, 0.4) is 0 Å². The summed E-state index contributed by atoms with van der Waals surface area (Å²) in [5.41, 5.74) is -0.139. The molecule has 8 heteroatoms. The number of piperidine rings is 2. The Morgan fingerprint density at radius 3 is 2.50 bits per heavy atom. The van der Waals surface area contributed by atoms with Crippen LogP contribution < -0.4 is 4.90 Å². The summed E-state index contributed by atoms with van der Waals surface area (Å²) in [5, 5.41) is 21.0. The maximum Gasteiger partial charge on any atom is 0.303 e. The lowest BCUT2D eigenvalue weighted by molar-refractivity contribution is -0.138. The van der Waals surface area contributed by atoms with E-state index >= 15 is 0 Å². The number of likely N-dealkylation sites (tertiary alicyclic amines) is 1. The zero-order valence-corrected chi connectivity index (χ0v) is 21.4. The molecule has 1 saturated carbocycles. The first-order valence-corrected chi connectivity index (χ1v) is 13.7. The number of carbonyl (C=O) groups excluding carboxylic acids is 1. The number of carboxylic acid groups (broad SMARTS) is 1. The van der Waals surface area contributed by atoms with Crippen molar-refractivity contribution in [3.05, 3.63) is 17.7 Å². The summed E-state index contributed by atoms with van der Waals surface area (Å²) in [6.45, 7) is 6.51. The molecule has 7 nitrogen and oxygen atoms in total. The topological polar surface area (TPSA) is 94.0 Å². The fraction of sp³-hybridized carbons (Fsp3) is 0.731. The number of pyridine rings is 1. The minimum atomic E-state index is -0.802. The molecule has 0 radical (unpaired) electrons. The van der Waals surface area contributed by atoms with Gasteiger partial charge in [0, 0.05) is 43.8 Å². The van der Waals surface area contributed by atoms with Crippen molar-refractivity contribution in [1.82, 2.24) is 9.88 Å². The molecule has 0 aromatic carbocycles. The Morgan fingerprint density at radius 2 is 1.79 bits per heavy atom. The number of hydrogen-bond acceptors (Lipinski definition) is 6. The molecule has 4 rings (SSSR count). The van der Waals surface area contributed by atoms with E-state index in [1.165, 1.54) is 12.8 Å². The Kier molecular flexibility index (Phi) is 8.08. The standard InChI is InChI=1S/C26H39N3O4S/c1-26(2,33)19-8-6-14-29(17-19)25(32)21-11-12-22(27-24(21)34-20-9-3-4-10-20)28-13-5-7-18(16-28)15-23(30)31/h11-12,18-20,33H,3-10,13-17H2,1-2H3,(H,30,31). The van der Waals surface area contributed by atoms with Crippen LogP contribution in [-0.4, -0.2) is 69.0 Å². The van der Waals surface area contributed by atoms with E-state index in [1.54, 1.807) is 11.8 Å². The average molecular weight is 490 g/mol. The smallest absolute Gasteiger partial charge is 0.303 e. The molecule has 34 heavy (non-hydrogen) atoms. The molecule has 0 bridgehead atoms. The lowest BCUT2D eigenvalue weighted by Crippen LogP contribution is -2.47. The van der Waals surface area contributed by atoms with Crippen molar-refractivity contribution in [1.29, 1.82) is 0 Å². The van der Waals surface area contributed by atoms with Gasteiger partial charge in [0.25, 0.3) is 5.91 Å². The molecule has 2 N–H and O–H groups in total. The Hall–Kier alpha value is -1.80. The molecule has 1 aliphatic carbocycles. The van der Waals surface area contributed by atoms with Gasteiger partial charge in [-0.3, -0.25) is 9.59 Å². The Bertz CT molecular complexity index is 881. The fourth-order valence-electron chi connectivity index (χ4n) is 5.62. The normalized spacial score (nSPS) is 24.4. The average Bonchev–Trinajstić information content (AvgIpc) is 3.31. The summed E-state index contributed by atoms with van der Waals surface area (Å²) in [5.74, 6) is 0.315. The number of nitrogens with zero attached hydrogens (tertiary/aromatic N) is 3. The second kappa shape index (κ2) is 10.9. The van der Waals surface area contributed by atoms with Gasteiger partial charge in [0.1, 0.15) is 10.8 Å². The third kappa shape index (κ3) is 6.25. The molecule has 3 fully saturated rings. The van der Waals surface area contributed by atoms with E-state index in [-0.39, 0.29) is 24.2 Å². The molecule has 2 aliphatic heterocycles. The molecule has 188 valence electrons. The maximum atomic E-state index is 13.6. The van der Waals surface area contributed by atoms with Crippen molar-refractivity contribution in [2.24, 2.45) is 11.8 Å². The highest BCUT2D eigenvalue weighted by Crippen LogP contribution is 2.38. The highest BCUT2D eigenvalue weighted by atomic mass is 32.2. The summed E-state index contributed by atoms with van der Waals surface area (Å²) < 4.78 is 0. The minimum absolute atomic E-state index is 0.0101. The number of aliphatic carboxylic acids is 1. The van der Waals surface area contributed by atoms with Crippen molar-refractivity contribution in [3.8, 4) is 0 Å². The summed E-state index contributed by atoms with van der Waals surface area (Å²) in [6, 6.07) is 3.86. The number of aromatic nitrogens is 1. The summed E-state index contributed by atoms with van der Waals surface area (Å²) in [4.78, 5) is 33.9. The number of hydrogen-bond donors (Lipinski definition) is 2. The molecule has 0 spiro atoms. The zero-order chi connectivity index (χ0) is 24.3. The van der Waals surface area contributed by atoms with E-state index in [0.717, 1.165) is 55.9 Å². The van der Waals surface area contributed by atoms with Crippen LogP contribution in [0.15, 0.2) is 17.2 Å². The van der Waals surface area contributed by atoms with E-state index in [2.05, 4.69) is 4.90 Å². The molecule has 2 saturated heterocycles. The first kappa shape index (κ1) is 25.3. The van der Waals surface area contributed by atoms with Gasteiger partial charge >= 0.3 is 5.97 Å². The number of anilines is 1. The van der Waals surface area contributed by atoms with Gasteiger partial charge in [0.05, 0.1) is 11.2 Å². The Balaban J connectivity index is 1.56. The van der Waals surface area contributed by atoms with Crippen LogP contribution in [0.4, 0.5) is 5.82 Å². The van der Waals surface area contributed by atoms with Crippen LogP contribution in [0.2, 0.25) is 0 Å². The minimum Gasteiger partial charge on any atom is -0.481 e. The van der Waals surface area contributed by atoms with Crippen LogP contribution in [0.25, 0.3) is 0 Å². The molecule has 2 atom stereocenters. The molecule has 1 aromatic rings. The van der Waals surface area contributed by atoms with Crippen molar-refractivity contribution in [3.63, 3.8) is 0 Å². The largest absolute Gasteiger partial charge is 0.481 e. The first-order valence-electron chi connectivity index (χ1n) is 12.9. The molecule has 1 amide bonds. The van der Waals surface area contributed by atoms with E-state index in [1.807, 2.05) is 30.9 Å². The molecule has 1 aromatic heterocycles. The summed E-state index contributed by atoms with van der Waals surface area (Å²) in [7, 11) is 0. The SMILES string of the molecule is CC(C)(O)C1CCCN(C(=O)c2ccc(N3CCCC(CC(=O)O)C3)nc2SC2CCCC2)C1. The van der Waals surface area contributed by atoms with Gasteiger partial charge in [-0.05, 0) is 70.4 Å². The summed E-state index contributed by atoms with van der Waals surface area (Å²) in [6.07, 6.45) is 8.66. The Morgan fingerprint density at radius 1 is 1.06 bits per heavy atom. The number of carboxylic acids is 1. The molecule has 2 unspecified atom stereocenters. The number of rotatable bonds is 7. The van der Waals surface area contributed by atoms with Gasteiger partial charge < -0.3 is 20.0 Å².